The Bertz CT molecular complexity index is 659. The molecule has 0 saturated heterocycles. The van der Waals surface area contributed by atoms with E-state index < -0.39 is 5.60 Å². The van der Waals surface area contributed by atoms with Crippen molar-refractivity contribution >= 4 is 0 Å². The Morgan fingerprint density at radius 3 is 2.42 bits per heavy atom. The van der Waals surface area contributed by atoms with Crippen molar-refractivity contribution in [3.8, 4) is 0 Å². The molecule has 4 aliphatic rings. The minimum Gasteiger partial charge on any atom is -0.393 e. The average molecular weight is 465 g/mol. The fraction of sp³-hybridized carbons (Fsp3) is 1.00. The normalized spacial score (nSPS) is 45.2. The molecule has 4 aliphatic carbocycles. The molecule has 4 fully saturated rings. The van der Waals surface area contributed by atoms with Crippen molar-refractivity contribution in [2.45, 2.75) is 103 Å². The molecule has 4 rings (SSSR count). The van der Waals surface area contributed by atoms with Crippen molar-refractivity contribution < 1.29 is 15.1 Å². The molecule has 0 aromatic heterocycles. The van der Waals surface area contributed by atoms with Crippen molar-refractivity contribution in [3.63, 3.8) is 0 Å². The highest BCUT2D eigenvalue weighted by molar-refractivity contribution is 5.16. The van der Waals surface area contributed by atoms with Crippen LogP contribution < -0.4 is 0 Å². The molecule has 0 heterocycles. The van der Waals surface area contributed by atoms with E-state index >= 15 is 0 Å². The van der Waals surface area contributed by atoms with Gasteiger partial charge in [-0.05, 0) is 132 Å². The maximum Gasteiger partial charge on any atom is 0.0734 e. The van der Waals surface area contributed by atoms with Gasteiger partial charge in [0.15, 0.2) is 0 Å². The second-order valence-corrected chi connectivity index (χ2v) is 13.0. The van der Waals surface area contributed by atoms with Crippen LogP contribution in [0.1, 0.15) is 90.9 Å². The molecule has 0 bridgehead atoms. The Morgan fingerprint density at radius 2 is 1.67 bits per heavy atom. The highest BCUT2D eigenvalue weighted by atomic mass is 16.7. The molecule has 33 heavy (non-hydrogen) atoms. The maximum absolute atomic E-state index is 12.3. The summed E-state index contributed by atoms with van der Waals surface area (Å²) in [5.74, 6) is 2.38. The molecule has 0 aromatic carbocycles. The lowest BCUT2D eigenvalue weighted by atomic mass is 9.43. The first kappa shape index (κ1) is 25.9. The summed E-state index contributed by atoms with van der Waals surface area (Å²) in [5.41, 5.74) is -0.0974. The van der Waals surface area contributed by atoms with Crippen LogP contribution in [0.2, 0.25) is 0 Å². The number of rotatable bonds is 9. The largest absolute Gasteiger partial charge is 0.393 e. The zero-order valence-corrected chi connectivity index (χ0v) is 22.2. The molecule has 4 saturated carbocycles. The standard InChI is InChI=1S/C28H52N2O3/c1-26-14-12-23(31)20-22(26)9-10-25-24(26)13-15-27(2)21(11-16-28(25,27)32)8-6-18-30(5)33-19-7-17-29(3)4/h21-25,31-32H,6-20H2,1-5H3/t21?,22?,23?,24-,25-,26+,27-,28-/m1/s1. The molecule has 5 nitrogen and oxygen atoms in total. The number of aliphatic hydroxyl groups excluding tert-OH is 1. The number of hydrogen-bond acceptors (Lipinski definition) is 5. The summed E-state index contributed by atoms with van der Waals surface area (Å²) >= 11 is 0. The van der Waals surface area contributed by atoms with E-state index in [1.54, 1.807) is 0 Å². The van der Waals surface area contributed by atoms with E-state index in [1.165, 1.54) is 38.5 Å². The summed E-state index contributed by atoms with van der Waals surface area (Å²) in [6.45, 7) is 7.76. The summed E-state index contributed by atoms with van der Waals surface area (Å²) in [5, 5.41) is 24.6. The topological polar surface area (TPSA) is 56.2 Å². The number of nitrogens with zero attached hydrogens (tertiary/aromatic N) is 2. The van der Waals surface area contributed by atoms with E-state index in [2.05, 4.69) is 39.9 Å². The second kappa shape index (κ2) is 10.0. The smallest absolute Gasteiger partial charge is 0.0734 e. The molecule has 192 valence electrons. The summed E-state index contributed by atoms with van der Waals surface area (Å²) in [6.07, 6.45) is 13.4. The molecule has 2 N–H and O–H groups in total. The zero-order valence-electron chi connectivity index (χ0n) is 22.2. The highest BCUT2D eigenvalue weighted by Gasteiger charge is 2.66. The fourth-order valence-electron chi connectivity index (χ4n) is 9.00. The highest BCUT2D eigenvalue weighted by Crippen LogP contribution is 2.69. The van der Waals surface area contributed by atoms with Crippen LogP contribution in [-0.2, 0) is 4.84 Å². The SMILES string of the molecule is CN(C)CCCON(C)CCCC1CC[C@@]2(O)[C@@H]3CCC4CC(O)CC[C@]4(C)[C@@H]3CC[C@]12C. The van der Waals surface area contributed by atoms with Gasteiger partial charge in [-0.2, -0.15) is 5.06 Å². The maximum atomic E-state index is 12.3. The Morgan fingerprint density at radius 1 is 0.879 bits per heavy atom. The van der Waals surface area contributed by atoms with Gasteiger partial charge in [0.1, 0.15) is 0 Å². The summed E-state index contributed by atoms with van der Waals surface area (Å²) in [6, 6.07) is 0. The lowest BCUT2D eigenvalue weighted by molar-refractivity contribution is -0.210. The summed E-state index contributed by atoms with van der Waals surface area (Å²) in [4.78, 5) is 8.09. The van der Waals surface area contributed by atoms with E-state index in [4.69, 9.17) is 4.84 Å². The number of hydrogen-bond donors (Lipinski definition) is 2. The molecule has 0 amide bonds. The minimum atomic E-state index is -0.487. The Hall–Kier alpha value is -0.200. The molecule has 5 heteroatoms. The van der Waals surface area contributed by atoms with Crippen LogP contribution in [0, 0.1) is 34.5 Å². The molecule has 0 aliphatic heterocycles. The van der Waals surface area contributed by atoms with E-state index in [0.717, 1.165) is 58.2 Å². The van der Waals surface area contributed by atoms with E-state index in [-0.39, 0.29) is 11.5 Å². The molecule has 0 aromatic rings. The van der Waals surface area contributed by atoms with Crippen molar-refractivity contribution in [3.05, 3.63) is 0 Å². The molecule has 3 unspecified atom stereocenters. The van der Waals surface area contributed by atoms with Crippen LogP contribution in [-0.4, -0.2) is 72.7 Å². The van der Waals surface area contributed by atoms with Gasteiger partial charge < -0.3 is 15.1 Å². The zero-order chi connectivity index (χ0) is 23.9. The molecule has 0 spiro atoms. The van der Waals surface area contributed by atoms with Gasteiger partial charge in [0.2, 0.25) is 0 Å². The third kappa shape index (κ3) is 4.79. The summed E-state index contributed by atoms with van der Waals surface area (Å²) < 4.78 is 0. The van der Waals surface area contributed by atoms with Gasteiger partial charge in [-0.25, -0.2) is 0 Å². The first-order valence-corrected chi connectivity index (χ1v) is 14.0. The van der Waals surface area contributed by atoms with E-state index in [9.17, 15) is 10.2 Å². The van der Waals surface area contributed by atoms with Crippen LogP contribution in [0.4, 0.5) is 0 Å². The number of fused-ring (bicyclic) bond motifs is 5. The summed E-state index contributed by atoms with van der Waals surface area (Å²) in [7, 11) is 6.27. The van der Waals surface area contributed by atoms with Crippen LogP contribution in [0.3, 0.4) is 0 Å². The van der Waals surface area contributed by atoms with Crippen LogP contribution >= 0.6 is 0 Å². The predicted molar refractivity (Wildman–Crippen MR) is 134 cm³/mol. The molecule has 8 atom stereocenters. The van der Waals surface area contributed by atoms with Crippen LogP contribution in [0.5, 0.6) is 0 Å². The lowest BCUT2D eigenvalue weighted by Gasteiger charge is -2.63. The molecular weight excluding hydrogens is 412 g/mol. The van der Waals surface area contributed by atoms with Gasteiger partial charge in [0.05, 0.1) is 18.3 Å². The quantitative estimate of drug-likeness (QED) is 0.382. The van der Waals surface area contributed by atoms with Gasteiger partial charge in [0.25, 0.3) is 0 Å². The van der Waals surface area contributed by atoms with Crippen molar-refractivity contribution in [1.82, 2.24) is 9.96 Å². The van der Waals surface area contributed by atoms with Crippen molar-refractivity contribution in [2.75, 3.05) is 40.8 Å². The van der Waals surface area contributed by atoms with E-state index in [0.29, 0.717) is 29.1 Å². The van der Waals surface area contributed by atoms with Gasteiger partial charge in [0, 0.05) is 13.6 Å². The number of aliphatic hydroxyl groups is 2. The van der Waals surface area contributed by atoms with Crippen LogP contribution in [0.25, 0.3) is 0 Å². The predicted octanol–water partition coefficient (Wildman–Crippen LogP) is 4.72. The first-order valence-electron chi connectivity index (χ1n) is 14.0. The van der Waals surface area contributed by atoms with Crippen LogP contribution in [0.15, 0.2) is 0 Å². The third-order valence-corrected chi connectivity index (χ3v) is 11.1. The minimum absolute atomic E-state index is 0.0662. The molecule has 0 radical (unpaired) electrons. The third-order valence-electron chi connectivity index (χ3n) is 11.1. The van der Waals surface area contributed by atoms with Gasteiger partial charge in [-0.1, -0.05) is 13.8 Å². The molecular formula is C28H52N2O3. The van der Waals surface area contributed by atoms with Gasteiger partial charge >= 0.3 is 0 Å². The Balaban J connectivity index is 1.33. The Labute approximate surface area is 203 Å². The average Bonchev–Trinajstić information content (AvgIpc) is 3.03. The lowest BCUT2D eigenvalue weighted by Crippen LogP contribution is -2.62. The number of hydroxylamine groups is 2. The fourth-order valence-corrected chi connectivity index (χ4v) is 9.00. The Kier molecular flexibility index (Phi) is 7.88. The first-order chi connectivity index (χ1) is 15.6. The van der Waals surface area contributed by atoms with Crippen molar-refractivity contribution in [2.24, 2.45) is 34.5 Å². The monoisotopic (exact) mass is 464 g/mol. The van der Waals surface area contributed by atoms with E-state index in [1.807, 2.05) is 5.06 Å². The van der Waals surface area contributed by atoms with Gasteiger partial charge in [-0.3, -0.25) is 4.84 Å². The van der Waals surface area contributed by atoms with Crippen molar-refractivity contribution in [1.29, 1.82) is 0 Å². The van der Waals surface area contributed by atoms with Gasteiger partial charge in [-0.15, -0.1) is 0 Å². The second-order valence-electron chi connectivity index (χ2n) is 13.0.